The van der Waals surface area contributed by atoms with E-state index in [2.05, 4.69) is 5.10 Å². The lowest BCUT2D eigenvalue weighted by Crippen LogP contribution is -2.39. The summed E-state index contributed by atoms with van der Waals surface area (Å²) >= 11 is 0. The van der Waals surface area contributed by atoms with E-state index >= 15 is 0 Å². The van der Waals surface area contributed by atoms with Crippen molar-refractivity contribution in [2.75, 3.05) is 0 Å². The molecule has 2 aliphatic carbocycles. The van der Waals surface area contributed by atoms with Crippen LogP contribution in [0.2, 0.25) is 0 Å². The largest absolute Gasteiger partial charge is 0.272 e. The Labute approximate surface area is 164 Å². The van der Waals surface area contributed by atoms with E-state index in [4.69, 9.17) is 0 Å². The third kappa shape index (κ3) is 3.72. The van der Waals surface area contributed by atoms with Crippen LogP contribution in [0.25, 0.3) is 0 Å². The normalized spacial score (nSPS) is 17.6. The highest BCUT2D eigenvalue weighted by molar-refractivity contribution is 7.88. The fraction of sp³-hybridized carbons (Fsp3) is 0.550. The first-order chi connectivity index (χ1) is 13.3. The molecule has 152 valence electrons. The smallest absolute Gasteiger partial charge is 0.219 e. The molecule has 1 heterocycles. The second kappa shape index (κ2) is 7.55. The first kappa shape index (κ1) is 19.5. The number of benzene rings is 1. The predicted molar refractivity (Wildman–Crippen MR) is 102 cm³/mol. The molecule has 0 N–H and O–H groups in total. The Morgan fingerprint density at radius 1 is 1.18 bits per heavy atom. The molecule has 8 heteroatoms. The summed E-state index contributed by atoms with van der Waals surface area (Å²) < 4.78 is 57.5. The number of nitrogens with zero attached hydrogens (tertiary/aromatic N) is 3. The molecule has 0 atom stereocenters. The van der Waals surface area contributed by atoms with Crippen LogP contribution in [0.4, 0.5) is 8.78 Å². The zero-order chi connectivity index (χ0) is 19.9. The number of fused-ring (bicyclic) bond motifs is 1. The van der Waals surface area contributed by atoms with Gasteiger partial charge in [0.25, 0.3) is 0 Å². The van der Waals surface area contributed by atoms with Crippen LogP contribution in [0.15, 0.2) is 18.2 Å². The number of halogens is 2. The van der Waals surface area contributed by atoms with E-state index in [0.717, 1.165) is 74.4 Å². The summed E-state index contributed by atoms with van der Waals surface area (Å²) in [5.41, 5.74) is 2.99. The van der Waals surface area contributed by atoms with Gasteiger partial charge in [-0.25, -0.2) is 17.2 Å². The molecule has 0 saturated heterocycles. The highest BCUT2D eigenvalue weighted by Crippen LogP contribution is 2.32. The molecular weight excluding hydrogens is 384 g/mol. The van der Waals surface area contributed by atoms with Crippen molar-refractivity contribution in [1.82, 2.24) is 14.1 Å². The molecule has 0 spiro atoms. The van der Waals surface area contributed by atoms with Crippen molar-refractivity contribution in [3.05, 3.63) is 52.3 Å². The summed E-state index contributed by atoms with van der Waals surface area (Å²) in [6.07, 6.45) is 6.47. The van der Waals surface area contributed by atoms with E-state index in [1.54, 1.807) is 0 Å². The Hall–Kier alpha value is -1.80. The predicted octanol–water partition coefficient (Wildman–Crippen LogP) is 3.46. The SMILES string of the molecule is Cn1nc(CN(C2CCCC2)S(=O)(=O)Cc2cc(F)ccc2F)c2c1CCC2. The number of aryl methyl sites for hydroxylation is 1. The maximum atomic E-state index is 14.1. The highest BCUT2D eigenvalue weighted by Gasteiger charge is 2.35. The van der Waals surface area contributed by atoms with Gasteiger partial charge in [0.1, 0.15) is 11.6 Å². The number of hydrogen-bond acceptors (Lipinski definition) is 3. The van der Waals surface area contributed by atoms with Crippen LogP contribution in [0.1, 0.15) is 54.6 Å². The van der Waals surface area contributed by atoms with Gasteiger partial charge in [-0.1, -0.05) is 12.8 Å². The lowest BCUT2D eigenvalue weighted by Gasteiger charge is -2.28. The van der Waals surface area contributed by atoms with Crippen molar-refractivity contribution in [1.29, 1.82) is 0 Å². The van der Waals surface area contributed by atoms with Crippen molar-refractivity contribution >= 4 is 10.0 Å². The van der Waals surface area contributed by atoms with Crippen molar-refractivity contribution < 1.29 is 17.2 Å². The van der Waals surface area contributed by atoms with Gasteiger partial charge in [0.2, 0.25) is 10.0 Å². The summed E-state index contributed by atoms with van der Waals surface area (Å²) in [6, 6.07) is 2.84. The van der Waals surface area contributed by atoms with Crippen LogP contribution in [0.5, 0.6) is 0 Å². The topological polar surface area (TPSA) is 55.2 Å². The van der Waals surface area contributed by atoms with Gasteiger partial charge in [0.15, 0.2) is 0 Å². The number of hydrogen-bond donors (Lipinski definition) is 0. The first-order valence-electron chi connectivity index (χ1n) is 9.82. The first-order valence-corrected chi connectivity index (χ1v) is 11.4. The van der Waals surface area contributed by atoms with E-state index < -0.39 is 27.4 Å². The maximum Gasteiger partial charge on any atom is 0.219 e. The van der Waals surface area contributed by atoms with Crippen LogP contribution in [-0.2, 0) is 42.2 Å². The summed E-state index contributed by atoms with van der Waals surface area (Å²) in [7, 11) is -1.93. The molecule has 2 aromatic rings. The molecular formula is C20H25F2N3O2S. The van der Waals surface area contributed by atoms with Crippen molar-refractivity contribution in [2.24, 2.45) is 7.05 Å². The molecule has 0 amide bonds. The van der Waals surface area contributed by atoms with Gasteiger partial charge in [-0.3, -0.25) is 4.68 Å². The fourth-order valence-electron chi connectivity index (χ4n) is 4.55. The van der Waals surface area contributed by atoms with Gasteiger partial charge in [0, 0.05) is 24.3 Å². The standard InChI is InChI=1S/C20H25F2N3O2S/c1-24-20-8-4-7-17(20)19(23-24)12-25(16-5-2-3-6-16)28(26,27)13-14-11-15(21)9-10-18(14)22/h9-11,16H,2-8,12-13H2,1H3. The van der Waals surface area contributed by atoms with Gasteiger partial charge < -0.3 is 0 Å². The van der Waals surface area contributed by atoms with Crippen molar-refractivity contribution in [2.45, 2.75) is 63.3 Å². The Bertz CT molecular complexity index is 982. The number of sulfonamides is 1. The van der Waals surface area contributed by atoms with Gasteiger partial charge in [-0.05, 0) is 55.9 Å². The van der Waals surface area contributed by atoms with Crippen LogP contribution in [0.3, 0.4) is 0 Å². The minimum absolute atomic E-state index is 0.110. The molecule has 0 bridgehead atoms. The van der Waals surface area contributed by atoms with E-state index in [0.29, 0.717) is 0 Å². The van der Waals surface area contributed by atoms with Crippen LogP contribution in [0, 0.1) is 11.6 Å². The molecule has 28 heavy (non-hydrogen) atoms. The summed E-state index contributed by atoms with van der Waals surface area (Å²) in [5.74, 6) is -1.88. The second-order valence-electron chi connectivity index (χ2n) is 7.82. The zero-order valence-corrected chi connectivity index (χ0v) is 16.8. The number of aromatic nitrogens is 2. The van der Waals surface area contributed by atoms with Crippen LogP contribution >= 0.6 is 0 Å². The highest BCUT2D eigenvalue weighted by atomic mass is 32.2. The zero-order valence-electron chi connectivity index (χ0n) is 16.0. The van der Waals surface area contributed by atoms with Gasteiger partial charge in [-0.15, -0.1) is 0 Å². The average Bonchev–Trinajstić information content (AvgIpc) is 3.36. The molecule has 2 aliphatic rings. The Morgan fingerprint density at radius 2 is 1.93 bits per heavy atom. The Kier molecular flexibility index (Phi) is 5.26. The molecule has 0 aliphatic heterocycles. The van der Waals surface area contributed by atoms with Crippen molar-refractivity contribution in [3.8, 4) is 0 Å². The van der Waals surface area contributed by atoms with Gasteiger partial charge in [0.05, 0.1) is 18.0 Å². The third-order valence-corrected chi connectivity index (χ3v) is 7.76. The number of rotatable bonds is 6. The minimum Gasteiger partial charge on any atom is -0.272 e. The summed E-state index contributed by atoms with van der Waals surface area (Å²) in [4.78, 5) is 0. The molecule has 1 fully saturated rings. The molecule has 0 unspecified atom stereocenters. The van der Waals surface area contributed by atoms with Gasteiger partial charge in [-0.2, -0.15) is 9.40 Å². The molecule has 4 rings (SSSR count). The van der Waals surface area contributed by atoms with Crippen LogP contribution < -0.4 is 0 Å². The van der Waals surface area contributed by atoms with E-state index in [9.17, 15) is 17.2 Å². The second-order valence-corrected chi connectivity index (χ2v) is 9.75. The lowest BCUT2D eigenvalue weighted by atomic mass is 10.2. The van der Waals surface area contributed by atoms with Gasteiger partial charge >= 0.3 is 0 Å². The third-order valence-electron chi connectivity index (χ3n) is 5.94. The Balaban J connectivity index is 1.66. The van der Waals surface area contributed by atoms with Crippen LogP contribution in [-0.4, -0.2) is 28.5 Å². The molecule has 5 nitrogen and oxygen atoms in total. The fourth-order valence-corrected chi connectivity index (χ4v) is 6.32. The van der Waals surface area contributed by atoms with E-state index in [-0.39, 0.29) is 18.2 Å². The van der Waals surface area contributed by atoms with E-state index in [1.807, 2.05) is 11.7 Å². The lowest BCUT2D eigenvalue weighted by molar-refractivity contribution is 0.311. The summed E-state index contributed by atoms with van der Waals surface area (Å²) in [6.45, 7) is 0.201. The molecule has 1 aromatic heterocycles. The monoisotopic (exact) mass is 409 g/mol. The molecule has 1 aromatic carbocycles. The Morgan fingerprint density at radius 3 is 2.68 bits per heavy atom. The minimum atomic E-state index is -3.83. The summed E-state index contributed by atoms with van der Waals surface area (Å²) in [5, 5.41) is 4.57. The van der Waals surface area contributed by atoms with Crippen molar-refractivity contribution in [3.63, 3.8) is 0 Å². The average molecular weight is 410 g/mol. The molecule has 1 saturated carbocycles. The maximum absolute atomic E-state index is 14.1. The molecule has 0 radical (unpaired) electrons. The quantitative estimate of drug-likeness (QED) is 0.734. The van der Waals surface area contributed by atoms with E-state index in [1.165, 1.54) is 10.00 Å².